The molecular weight excluding hydrogens is 266 g/mol. The van der Waals surface area contributed by atoms with Crippen molar-refractivity contribution in [1.29, 1.82) is 0 Å². The predicted octanol–water partition coefficient (Wildman–Crippen LogP) is 2.23. The molecule has 0 aromatic rings. The van der Waals surface area contributed by atoms with Gasteiger partial charge in [-0.1, -0.05) is 35.7 Å². The zero-order valence-electron chi connectivity index (χ0n) is 8.72. The predicted molar refractivity (Wildman–Crippen MR) is 61.9 cm³/mol. The normalized spacial score (nSPS) is 34.4. The Kier molecular flexibility index (Phi) is 4.00. The molecular formula is C9H18BrNO2S. The lowest BCUT2D eigenvalue weighted by molar-refractivity contribution is 0.205. The lowest BCUT2D eigenvalue weighted by Gasteiger charge is -2.39. The molecule has 0 radical (unpaired) electrons. The van der Waals surface area contributed by atoms with E-state index in [1.165, 1.54) is 6.42 Å². The average molecular weight is 284 g/mol. The number of nitrogens with one attached hydrogen (secondary N) is 1. The Morgan fingerprint density at radius 1 is 1.50 bits per heavy atom. The molecule has 0 aliphatic heterocycles. The summed E-state index contributed by atoms with van der Waals surface area (Å²) in [7, 11) is -3.14. The summed E-state index contributed by atoms with van der Waals surface area (Å²) in [5.41, 5.74) is -0.245. The Morgan fingerprint density at radius 3 is 2.64 bits per heavy atom. The van der Waals surface area contributed by atoms with Gasteiger partial charge in [-0.3, -0.25) is 0 Å². The summed E-state index contributed by atoms with van der Waals surface area (Å²) in [6, 6.07) is 0. The minimum absolute atomic E-state index is 0.0116. The van der Waals surface area contributed by atoms with Gasteiger partial charge in [0.25, 0.3) is 0 Å². The fourth-order valence-electron chi connectivity index (χ4n) is 2.04. The van der Waals surface area contributed by atoms with Crippen molar-refractivity contribution in [3.05, 3.63) is 0 Å². The average Bonchev–Trinajstić information content (AvgIpc) is 2.10. The Hall–Kier alpha value is 0.390. The molecule has 1 aliphatic rings. The van der Waals surface area contributed by atoms with Gasteiger partial charge >= 0.3 is 0 Å². The second kappa shape index (κ2) is 4.49. The zero-order valence-corrected chi connectivity index (χ0v) is 11.1. The number of rotatable bonds is 3. The Bertz CT molecular complexity index is 291. The molecule has 3 nitrogen and oxygen atoms in total. The highest BCUT2D eigenvalue weighted by atomic mass is 79.9. The molecule has 0 heterocycles. The molecule has 1 fully saturated rings. The molecule has 84 valence electrons. The van der Waals surface area contributed by atoms with Gasteiger partial charge in [0.15, 0.2) is 0 Å². The van der Waals surface area contributed by atoms with Crippen molar-refractivity contribution in [2.24, 2.45) is 5.92 Å². The molecule has 2 atom stereocenters. The molecule has 0 bridgehead atoms. The van der Waals surface area contributed by atoms with Gasteiger partial charge in [-0.25, -0.2) is 13.1 Å². The van der Waals surface area contributed by atoms with E-state index in [1.54, 1.807) is 0 Å². The van der Waals surface area contributed by atoms with E-state index < -0.39 is 10.0 Å². The first-order chi connectivity index (χ1) is 6.40. The summed E-state index contributed by atoms with van der Waals surface area (Å²) in [5.74, 6) is 0.421. The first-order valence-electron chi connectivity index (χ1n) is 4.97. The third-order valence-corrected chi connectivity index (χ3v) is 6.08. The highest BCUT2D eigenvalue weighted by molar-refractivity contribution is 9.10. The van der Waals surface area contributed by atoms with E-state index >= 15 is 0 Å². The molecule has 1 aliphatic carbocycles. The van der Waals surface area contributed by atoms with Crippen LogP contribution in [0, 0.1) is 5.92 Å². The van der Waals surface area contributed by atoms with E-state index in [0.29, 0.717) is 5.92 Å². The largest absolute Gasteiger partial charge is 0.222 e. The highest BCUT2D eigenvalue weighted by Crippen LogP contribution is 2.33. The summed E-state index contributed by atoms with van der Waals surface area (Å²) in [4.78, 5) is 0. The number of alkyl halides is 1. The first-order valence-corrected chi connectivity index (χ1v) is 7.74. The quantitative estimate of drug-likeness (QED) is 0.808. The fraction of sp³-hybridized carbons (Fsp3) is 1.00. The third kappa shape index (κ3) is 2.94. The molecule has 2 unspecified atom stereocenters. The smallest absolute Gasteiger partial charge is 0.212 e. The standard InChI is InChI=1S/C9H18BrNO2S/c1-8-5-3-4-6-9(8,2)11-14(12,13)7-10/h8,11H,3-7H2,1-2H3. The lowest BCUT2D eigenvalue weighted by Crippen LogP contribution is -2.52. The van der Waals surface area contributed by atoms with E-state index in [2.05, 4.69) is 27.6 Å². The molecule has 14 heavy (non-hydrogen) atoms. The summed E-state index contributed by atoms with van der Waals surface area (Å²) >= 11 is 2.99. The summed E-state index contributed by atoms with van der Waals surface area (Å²) in [5, 5.41) is 0. The van der Waals surface area contributed by atoms with Crippen LogP contribution in [0.2, 0.25) is 0 Å². The minimum Gasteiger partial charge on any atom is -0.212 e. The monoisotopic (exact) mass is 283 g/mol. The summed E-state index contributed by atoms with van der Waals surface area (Å²) < 4.78 is 25.7. The Morgan fingerprint density at radius 2 is 2.14 bits per heavy atom. The van der Waals surface area contributed by atoms with Gasteiger partial charge in [-0.2, -0.15) is 0 Å². The maximum Gasteiger partial charge on any atom is 0.222 e. The highest BCUT2D eigenvalue weighted by Gasteiger charge is 2.36. The van der Waals surface area contributed by atoms with E-state index in [-0.39, 0.29) is 10.2 Å². The van der Waals surface area contributed by atoms with Crippen molar-refractivity contribution < 1.29 is 8.42 Å². The van der Waals surface area contributed by atoms with Gasteiger partial charge in [-0.15, -0.1) is 0 Å². The number of sulfonamides is 1. The van der Waals surface area contributed by atoms with Crippen LogP contribution in [0.25, 0.3) is 0 Å². The van der Waals surface area contributed by atoms with Crippen LogP contribution in [0.15, 0.2) is 0 Å². The maximum atomic E-state index is 11.5. The van der Waals surface area contributed by atoms with Crippen LogP contribution in [0.1, 0.15) is 39.5 Å². The second-order valence-electron chi connectivity index (χ2n) is 4.39. The Balaban J connectivity index is 2.74. The summed E-state index contributed by atoms with van der Waals surface area (Å²) in [6.07, 6.45) is 4.39. The van der Waals surface area contributed by atoms with Gasteiger partial charge in [0.1, 0.15) is 4.66 Å². The number of halogens is 1. The van der Waals surface area contributed by atoms with Crippen molar-refractivity contribution >= 4 is 26.0 Å². The molecule has 1 N–H and O–H groups in total. The van der Waals surface area contributed by atoms with Gasteiger partial charge in [-0.05, 0) is 25.7 Å². The third-order valence-electron chi connectivity index (χ3n) is 3.20. The van der Waals surface area contributed by atoms with E-state index in [1.807, 2.05) is 6.92 Å². The van der Waals surface area contributed by atoms with Crippen molar-refractivity contribution in [3.8, 4) is 0 Å². The molecule has 1 saturated carbocycles. The van der Waals surface area contributed by atoms with Crippen LogP contribution in [-0.4, -0.2) is 18.6 Å². The topological polar surface area (TPSA) is 46.2 Å². The molecule has 0 aromatic carbocycles. The maximum absolute atomic E-state index is 11.5. The molecule has 5 heteroatoms. The zero-order chi connectivity index (χ0) is 10.8. The van der Waals surface area contributed by atoms with Gasteiger partial charge in [0.2, 0.25) is 10.0 Å². The van der Waals surface area contributed by atoms with Crippen LogP contribution in [0.4, 0.5) is 0 Å². The van der Waals surface area contributed by atoms with E-state index in [0.717, 1.165) is 19.3 Å². The van der Waals surface area contributed by atoms with Crippen molar-refractivity contribution in [2.75, 3.05) is 4.66 Å². The molecule has 0 aromatic heterocycles. The first kappa shape index (κ1) is 12.5. The molecule has 0 saturated heterocycles. The van der Waals surface area contributed by atoms with Crippen molar-refractivity contribution in [3.63, 3.8) is 0 Å². The molecule has 0 spiro atoms. The van der Waals surface area contributed by atoms with E-state index in [9.17, 15) is 8.42 Å². The van der Waals surface area contributed by atoms with E-state index in [4.69, 9.17) is 0 Å². The van der Waals surface area contributed by atoms with Crippen molar-refractivity contribution in [1.82, 2.24) is 4.72 Å². The van der Waals surface area contributed by atoms with Crippen LogP contribution in [0.5, 0.6) is 0 Å². The number of hydrogen-bond donors (Lipinski definition) is 1. The van der Waals surface area contributed by atoms with Gasteiger partial charge in [0.05, 0.1) is 0 Å². The van der Waals surface area contributed by atoms with Gasteiger partial charge < -0.3 is 0 Å². The molecule has 1 rings (SSSR count). The fourth-order valence-corrected chi connectivity index (χ4v) is 3.45. The minimum atomic E-state index is -3.14. The Labute approximate surface area is 94.8 Å². The van der Waals surface area contributed by atoms with Crippen LogP contribution in [0.3, 0.4) is 0 Å². The van der Waals surface area contributed by atoms with Crippen LogP contribution < -0.4 is 4.72 Å². The lowest BCUT2D eigenvalue weighted by atomic mass is 9.76. The van der Waals surface area contributed by atoms with Crippen molar-refractivity contribution in [2.45, 2.75) is 45.1 Å². The SMILES string of the molecule is CC1CCCCC1(C)NS(=O)(=O)CBr. The second-order valence-corrected chi connectivity index (χ2v) is 7.42. The number of hydrogen-bond acceptors (Lipinski definition) is 2. The molecule has 0 amide bonds. The summed E-state index contributed by atoms with van der Waals surface area (Å²) in [6.45, 7) is 4.13. The van der Waals surface area contributed by atoms with Gasteiger partial charge in [0, 0.05) is 5.54 Å². The van der Waals surface area contributed by atoms with Crippen LogP contribution >= 0.6 is 15.9 Å². The van der Waals surface area contributed by atoms with Crippen LogP contribution in [-0.2, 0) is 10.0 Å².